The van der Waals surface area contributed by atoms with Gasteiger partial charge in [-0.1, -0.05) is 0 Å². The molecule has 0 aromatic carbocycles. The molecular weight excluding hydrogens is 214 g/mol. The molecule has 0 spiro atoms. The van der Waals surface area contributed by atoms with Gasteiger partial charge in [0.25, 0.3) is 0 Å². The number of aryl methyl sites for hydroxylation is 1. The van der Waals surface area contributed by atoms with Crippen LogP contribution in [-0.2, 0) is 6.54 Å². The van der Waals surface area contributed by atoms with Gasteiger partial charge >= 0.3 is 0 Å². The molecule has 0 aliphatic carbocycles. The molecule has 0 amide bonds. The molecule has 5 heteroatoms. The molecule has 0 bridgehead atoms. The first kappa shape index (κ1) is 10.4. The van der Waals surface area contributed by atoms with Crippen molar-refractivity contribution in [3.63, 3.8) is 0 Å². The molecule has 88 valence electrons. The summed E-state index contributed by atoms with van der Waals surface area (Å²) in [7, 11) is 0. The third-order valence-electron chi connectivity index (χ3n) is 3.19. The standard InChI is InChI=1S/C12H15N5/c1-10-12(14-5-4-13-10)9-16-7-11(8-16)17-6-2-3-15-17/h2-6,11H,7-9H2,1H3. The molecule has 2 aromatic rings. The van der Waals surface area contributed by atoms with Crippen molar-refractivity contribution in [2.45, 2.75) is 19.5 Å². The van der Waals surface area contributed by atoms with Crippen LogP contribution in [0.3, 0.4) is 0 Å². The minimum atomic E-state index is 0.516. The topological polar surface area (TPSA) is 46.8 Å². The number of hydrogen-bond donors (Lipinski definition) is 0. The minimum absolute atomic E-state index is 0.516. The monoisotopic (exact) mass is 229 g/mol. The Morgan fingerprint density at radius 1 is 1.24 bits per heavy atom. The summed E-state index contributed by atoms with van der Waals surface area (Å²) in [5.41, 5.74) is 2.10. The van der Waals surface area contributed by atoms with E-state index in [2.05, 4.69) is 20.0 Å². The summed E-state index contributed by atoms with van der Waals surface area (Å²) in [6.45, 7) is 4.97. The highest BCUT2D eigenvalue weighted by Crippen LogP contribution is 2.22. The van der Waals surface area contributed by atoms with Crippen molar-refractivity contribution in [2.24, 2.45) is 0 Å². The quantitative estimate of drug-likeness (QED) is 0.789. The van der Waals surface area contributed by atoms with Gasteiger partial charge in [-0.15, -0.1) is 0 Å². The maximum Gasteiger partial charge on any atom is 0.0773 e. The van der Waals surface area contributed by atoms with Crippen LogP contribution in [0.1, 0.15) is 17.4 Å². The Hall–Kier alpha value is -1.75. The van der Waals surface area contributed by atoms with E-state index >= 15 is 0 Å². The number of aromatic nitrogens is 4. The fraction of sp³-hybridized carbons (Fsp3) is 0.417. The van der Waals surface area contributed by atoms with Gasteiger partial charge in [-0.25, -0.2) is 0 Å². The van der Waals surface area contributed by atoms with Crippen LogP contribution in [-0.4, -0.2) is 37.7 Å². The summed E-state index contributed by atoms with van der Waals surface area (Å²) in [6.07, 6.45) is 7.35. The van der Waals surface area contributed by atoms with E-state index in [1.807, 2.05) is 30.1 Å². The third kappa shape index (κ3) is 2.06. The van der Waals surface area contributed by atoms with Crippen molar-refractivity contribution in [2.75, 3.05) is 13.1 Å². The van der Waals surface area contributed by atoms with E-state index < -0.39 is 0 Å². The van der Waals surface area contributed by atoms with E-state index in [4.69, 9.17) is 0 Å². The molecule has 1 saturated heterocycles. The second-order valence-corrected chi connectivity index (χ2v) is 4.42. The van der Waals surface area contributed by atoms with E-state index in [0.29, 0.717) is 6.04 Å². The van der Waals surface area contributed by atoms with Crippen molar-refractivity contribution in [3.8, 4) is 0 Å². The zero-order valence-electron chi connectivity index (χ0n) is 9.82. The van der Waals surface area contributed by atoms with E-state index in [-0.39, 0.29) is 0 Å². The van der Waals surface area contributed by atoms with Gasteiger partial charge < -0.3 is 0 Å². The average Bonchev–Trinajstić information content (AvgIpc) is 2.78. The lowest BCUT2D eigenvalue weighted by atomic mass is 10.1. The number of hydrogen-bond acceptors (Lipinski definition) is 4. The fourth-order valence-electron chi connectivity index (χ4n) is 2.14. The molecule has 0 saturated carbocycles. The van der Waals surface area contributed by atoms with E-state index in [9.17, 15) is 0 Å². The van der Waals surface area contributed by atoms with Gasteiger partial charge in [0.15, 0.2) is 0 Å². The van der Waals surface area contributed by atoms with Crippen LogP contribution < -0.4 is 0 Å². The Morgan fingerprint density at radius 3 is 2.76 bits per heavy atom. The van der Waals surface area contributed by atoms with Crippen molar-refractivity contribution in [3.05, 3.63) is 42.2 Å². The second-order valence-electron chi connectivity index (χ2n) is 4.42. The number of rotatable bonds is 3. The van der Waals surface area contributed by atoms with Gasteiger partial charge in [0, 0.05) is 44.4 Å². The summed E-state index contributed by atoms with van der Waals surface area (Å²) in [5, 5.41) is 4.26. The Morgan fingerprint density at radius 2 is 2.06 bits per heavy atom. The van der Waals surface area contributed by atoms with E-state index in [1.165, 1.54) is 0 Å². The molecule has 1 aliphatic rings. The predicted molar refractivity (Wildman–Crippen MR) is 63.3 cm³/mol. The molecule has 5 nitrogen and oxygen atoms in total. The van der Waals surface area contributed by atoms with Crippen LogP contribution in [0.2, 0.25) is 0 Å². The average molecular weight is 229 g/mol. The second kappa shape index (κ2) is 4.25. The lowest BCUT2D eigenvalue weighted by molar-refractivity contribution is 0.0892. The molecule has 1 fully saturated rings. The van der Waals surface area contributed by atoms with Gasteiger partial charge in [0.2, 0.25) is 0 Å². The summed E-state index contributed by atoms with van der Waals surface area (Å²) in [6, 6.07) is 2.48. The molecule has 0 atom stereocenters. The van der Waals surface area contributed by atoms with Gasteiger partial charge in [0.1, 0.15) is 0 Å². The molecule has 1 aliphatic heterocycles. The van der Waals surface area contributed by atoms with Crippen LogP contribution in [0.4, 0.5) is 0 Å². The lowest BCUT2D eigenvalue weighted by Gasteiger charge is -2.39. The molecule has 17 heavy (non-hydrogen) atoms. The lowest BCUT2D eigenvalue weighted by Crippen LogP contribution is -2.47. The minimum Gasteiger partial charge on any atom is -0.293 e. The van der Waals surface area contributed by atoms with Crippen molar-refractivity contribution < 1.29 is 0 Å². The van der Waals surface area contributed by atoms with Gasteiger partial charge in [0.05, 0.1) is 17.4 Å². The van der Waals surface area contributed by atoms with Crippen LogP contribution in [0.25, 0.3) is 0 Å². The summed E-state index contributed by atoms with van der Waals surface area (Å²) < 4.78 is 2.03. The Balaban J connectivity index is 1.58. The largest absolute Gasteiger partial charge is 0.293 e. The first-order valence-corrected chi connectivity index (χ1v) is 5.81. The maximum atomic E-state index is 4.36. The third-order valence-corrected chi connectivity index (χ3v) is 3.19. The Bertz CT molecular complexity index is 487. The normalized spacial score (nSPS) is 17.0. The molecule has 0 radical (unpaired) electrons. The van der Waals surface area contributed by atoms with Crippen LogP contribution in [0.15, 0.2) is 30.9 Å². The van der Waals surface area contributed by atoms with Crippen molar-refractivity contribution in [1.29, 1.82) is 0 Å². The highest BCUT2D eigenvalue weighted by atomic mass is 15.4. The van der Waals surface area contributed by atoms with E-state index in [0.717, 1.165) is 31.0 Å². The van der Waals surface area contributed by atoms with Crippen LogP contribution in [0, 0.1) is 6.92 Å². The number of likely N-dealkylation sites (tertiary alicyclic amines) is 1. The summed E-state index contributed by atoms with van der Waals surface area (Å²) in [4.78, 5) is 11.0. The zero-order chi connectivity index (χ0) is 11.7. The molecule has 0 unspecified atom stereocenters. The SMILES string of the molecule is Cc1nccnc1CN1CC(n2cccn2)C1. The molecule has 3 rings (SSSR count). The summed E-state index contributed by atoms with van der Waals surface area (Å²) >= 11 is 0. The van der Waals surface area contributed by atoms with Gasteiger partial charge in [-0.05, 0) is 13.0 Å². The maximum absolute atomic E-state index is 4.36. The van der Waals surface area contributed by atoms with Crippen molar-refractivity contribution >= 4 is 0 Å². The van der Waals surface area contributed by atoms with Gasteiger partial charge in [-0.3, -0.25) is 19.5 Å². The predicted octanol–water partition coefficient (Wildman–Crippen LogP) is 1.04. The fourth-order valence-corrected chi connectivity index (χ4v) is 2.14. The van der Waals surface area contributed by atoms with Crippen LogP contribution >= 0.6 is 0 Å². The van der Waals surface area contributed by atoms with Gasteiger partial charge in [-0.2, -0.15) is 5.10 Å². The highest BCUT2D eigenvalue weighted by Gasteiger charge is 2.28. The first-order chi connectivity index (χ1) is 8.33. The smallest absolute Gasteiger partial charge is 0.0773 e. The van der Waals surface area contributed by atoms with E-state index in [1.54, 1.807) is 12.4 Å². The van der Waals surface area contributed by atoms with Crippen molar-refractivity contribution in [1.82, 2.24) is 24.6 Å². The molecular formula is C12H15N5. The number of nitrogens with zero attached hydrogens (tertiary/aromatic N) is 5. The zero-order valence-corrected chi connectivity index (χ0v) is 9.82. The molecule has 2 aromatic heterocycles. The Kier molecular flexibility index (Phi) is 2.60. The molecule has 3 heterocycles. The first-order valence-electron chi connectivity index (χ1n) is 5.81. The Labute approximate surface area is 100 Å². The summed E-state index contributed by atoms with van der Waals surface area (Å²) in [5.74, 6) is 0. The molecule has 0 N–H and O–H groups in total. The van der Waals surface area contributed by atoms with Crippen LogP contribution in [0.5, 0.6) is 0 Å². The highest BCUT2D eigenvalue weighted by molar-refractivity contribution is 5.09.